The molecule has 2 aromatic rings. The second-order valence-electron chi connectivity index (χ2n) is 4.68. The highest BCUT2D eigenvalue weighted by molar-refractivity contribution is 5.83. The Morgan fingerprint density at radius 2 is 2.20 bits per heavy atom. The van der Waals surface area contributed by atoms with Gasteiger partial charge in [-0.1, -0.05) is 0 Å². The molecule has 1 aromatic heterocycles. The van der Waals surface area contributed by atoms with Crippen LogP contribution in [0.3, 0.4) is 0 Å². The van der Waals surface area contributed by atoms with Crippen LogP contribution in [0, 0.1) is 10.1 Å². The summed E-state index contributed by atoms with van der Waals surface area (Å²) in [6.07, 6.45) is 0.431. The first kappa shape index (κ1) is 12.3. The highest BCUT2D eigenvalue weighted by atomic mass is 16.6. The van der Waals surface area contributed by atoms with E-state index in [9.17, 15) is 14.9 Å². The minimum absolute atomic E-state index is 0.0268. The van der Waals surface area contributed by atoms with Gasteiger partial charge in [0.25, 0.3) is 5.69 Å². The summed E-state index contributed by atoms with van der Waals surface area (Å²) < 4.78 is 0. The number of carbonyl (C=O) groups excluding carboxylic acids is 1. The van der Waals surface area contributed by atoms with Crippen LogP contribution in [0.4, 0.5) is 11.5 Å². The molecule has 1 aromatic carbocycles. The van der Waals surface area contributed by atoms with E-state index in [0.717, 1.165) is 0 Å². The van der Waals surface area contributed by atoms with E-state index >= 15 is 0 Å². The first-order chi connectivity index (χ1) is 9.61. The van der Waals surface area contributed by atoms with E-state index in [2.05, 4.69) is 15.6 Å². The molecule has 0 spiro atoms. The number of anilines is 1. The maximum atomic E-state index is 11.1. The number of hydrogen-bond donors (Lipinski definition) is 2. The first-order valence-corrected chi connectivity index (χ1v) is 6.20. The van der Waals surface area contributed by atoms with E-state index in [1.54, 1.807) is 18.2 Å². The monoisotopic (exact) mass is 272 g/mol. The average Bonchev–Trinajstić information content (AvgIpc) is 2.83. The number of nitro groups is 1. The average molecular weight is 272 g/mol. The Kier molecular flexibility index (Phi) is 2.94. The van der Waals surface area contributed by atoms with Gasteiger partial charge in [0.05, 0.1) is 16.5 Å². The third kappa shape index (κ3) is 2.37. The van der Waals surface area contributed by atoms with E-state index in [4.69, 9.17) is 0 Å². The van der Waals surface area contributed by atoms with Crippen LogP contribution in [0.5, 0.6) is 0 Å². The number of benzene rings is 1. The summed E-state index contributed by atoms with van der Waals surface area (Å²) in [5, 5.41) is 17.3. The topological polar surface area (TPSA) is 97.2 Å². The van der Waals surface area contributed by atoms with Crippen LogP contribution in [-0.2, 0) is 4.79 Å². The first-order valence-electron chi connectivity index (χ1n) is 6.20. The predicted molar refractivity (Wildman–Crippen MR) is 73.4 cm³/mol. The van der Waals surface area contributed by atoms with Crippen molar-refractivity contribution in [3.8, 4) is 0 Å². The molecule has 20 heavy (non-hydrogen) atoms. The fourth-order valence-electron chi connectivity index (χ4n) is 2.22. The minimum atomic E-state index is -0.429. The third-order valence-corrected chi connectivity index (χ3v) is 3.21. The lowest BCUT2D eigenvalue weighted by molar-refractivity contribution is -0.384. The summed E-state index contributed by atoms with van der Waals surface area (Å²) in [5.41, 5.74) is 0.725. The molecule has 102 valence electrons. The Hall–Kier alpha value is -2.70. The maximum absolute atomic E-state index is 11.1. The van der Waals surface area contributed by atoms with Crippen molar-refractivity contribution in [3.63, 3.8) is 0 Å². The van der Waals surface area contributed by atoms with Gasteiger partial charge in [0.1, 0.15) is 5.82 Å². The van der Waals surface area contributed by atoms with E-state index in [-0.39, 0.29) is 17.6 Å². The normalized spacial score (nSPS) is 18.0. The van der Waals surface area contributed by atoms with Crippen LogP contribution in [0.2, 0.25) is 0 Å². The summed E-state index contributed by atoms with van der Waals surface area (Å²) in [7, 11) is 0. The molecule has 1 unspecified atom stereocenters. The van der Waals surface area contributed by atoms with Gasteiger partial charge in [0.2, 0.25) is 5.91 Å². The van der Waals surface area contributed by atoms with Gasteiger partial charge in [-0.3, -0.25) is 14.9 Å². The van der Waals surface area contributed by atoms with Crippen molar-refractivity contribution in [2.75, 3.05) is 11.9 Å². The fraction of sp³-hybridized carbons (Fsp3) is 0.231. The number of fused-ring (bicyclic) bond motifs is 1. The van der Waals surface area contributed by atoms with Gasteiger partial charge < -0.3 is 10.6 Å². The molecule has 7 nitrogen and oxygen atoms in total. The van der Waals surface area contributed by atoms with Crippen LogP contribution in [0.1, 0.15) is 6.42 Å². The SMILES string of the molecule is O=C1CC(Nc2ccc3cc([N+](=O)[O-])ccc3n2)CN1. The Balaban J connectivity index is 1.85. The summed E-state index contributed by atoms with van der Waals surface area (Å²) in [5.74, 6) is 0.687. The molecule has 1 atom stereocenters. The van der Waals surface area contributed by atoms with E-state index in [1.807, 2.05) is 0 Å². The number of rotatable bonds is 3. The van der Waals surface area contributed by atoms with Crippen LogP contribution in [0.15, 0.2) is 30.3 Å². The van der Waals surface area contributed by atoms with Crippen molar-refractivity contribution in [2.24, 2.45) is 0 Å². The lowest BCUT2D eigenvalue weighted by Gasteiger charge is -2.11. The molecule has 2 N–H and O–H groups in total. The number of amides is 1. The standard InChI is InChI=1S/C13H12N4O3/c18-13-6-9(7-14-13)15-12-4-1-8-5-10(17(19)20)2-3-11(8)16-12/h1-5,9H,6-7H2,(H,14,18)(H,15,16). The largest absolute Gasteiger partial charge is 0.365 e. The summed E-state index contributed by atoms with van der Waals surface area (Å²) in [4.78, 5) is 25.8. The molecule has 0 saturated carbocycles. The summed E-state index contributed by atoms with van der Waals surface area (Å²) in [6.45, 7) is 0.582. The fourth-order valence-corrected chi connectivity index (χ4v) is 2.22. The van der Waals surface area contributed by atoms with Crippen molar-refractivity contribution in [1.82, 2.24) is 10.3 Å². The quantitative estimate of drug-likeness (QED) is 0.651. The second kappa shape index (κ2) is 4.76. The number of non-ortho nitro benzene ring substituents is 1. The highest BCUT2D eigenvalue weighted by Gasteiger charge is 2.21. The minimum Gasteiger partial charge on any atom is -0.365 e. The number of hydrogen-bond acceptors (Lipinski definition) is 5. The lowest BCUT2D eigenvalue weighted by atomic mass is 10.2. The Bertz CT molecular complexity index is 701. The molecule has 1 amide bonds. The maximum Gasteiger partial charge on any atom is 0.270 e. The molecule has 0 radical (unpaired) electrons. The Morgan fingerprint density at radius 1 is 1.35 bits per heavy atom. The third-order valence-electron chi connectivity index (χ3n) is 3.21. The van der Waals surface area contributed by atoms with Gasteiger partial charge in [-0.25, -0.2) is 4.98 Å². The molecule has 2 heterocycles. The van der Waals surface area contributed by atoms with Crippen LogP contribution in [-0.4, -0.2) is 28.4 Å². The molecular formula is C13H12N4O3. The zero-order valence-electron chi connectivity index (χ0n) is 10.5. The molecule has 0 aliphatic carbocycles. The van der Waals surface area contributed by atoms with Gasteiger partial charge in [-0.15, -0.1) is 0 Å². The number of pyridine rings is 1. The van der Waals surface area contributed by atoms with Crippen molar-refractivity contribution < 1.29 is 9.72 Å². The van der Waals surface area contributed by atoms with Gasteiger partial charge in [-0.05, 0) is 18.2 Å². The van der Waals surface area contributed by atoms with Crippen molar-refractivity contribution in [3.05, 3.63) is 40.4 Å². The molecule has 1 aliphatic heterocycles. The smallest absolute Gasteiger partial charge is 0.270 e. The van der Waals surface area contributed by atoms with E-state index in [1.165, 1.54) is 12.1 Å². The van der Waals surface area contributed by atoms with Gasteiger partial charge in [0, 0.05) is 30.5 Å². The lowest BCUT2D eigenvalue weighted by Crippen LogP contribution is -2.22. The zero-order valence-corrected chi connectivity index (χ0v) is 10.5. The van der Waals surface area contributed by atoms with Gasteiger partial charge in [-0.2, -0.15) is 0 Å². The Morgan fingerprint density at radius 3 is 2.90 bits per heavy atom. The van der Waals surface area contributed by atoms with Gasteiger partial charge >= 0.3 is 0 Å². The van der Waals surface area contributed by atoms with Crippen molar-refractivity contribution in [2.45, 2.75) is 12.5 Å². The summed E-state index contributed by atoms with van der Waals surface area (Å²) >= 11 is 0. The summed E-state index contributed by atoms with van der Waals surface area (Å²) in [6, 6.07) is 8.12. The molecule has 1 aliphatic rings. The van der Waals surface area contributed by atoms with Crippen LogP contribution in [0.25, 0.3) is 10.9 Å². The molecular weight excluding hydrogens is 260 g/mol. The number of aromatic nitrogens is 1. The van der Waals surface area contributed by atoms with Crippen LogP contribution < -0.4 is 10.6 Å². The van der Waals surface area contributed by atoms with E-state index in [0.29, 0.717) is 29.7 Å². The number of nitro benzene ring substituents is 1. The number of carbonyl (C=O) groups is 1. The van der Waals surface area contributed by atoms with Crippen molar-refractivity contribution >= 4 is 28.3 Å². The molecule has 3 rings (SSSR count). The molecule has 0 bridgehead atoms. The van der Waals surface area contributed by atoms with Gasteiger partial charge in [0.15, 0.2) is 0 Å². The highest BCUT2D eigenvalue weighted by Crippen LogP contribution is 2.21. The predicted octanol–water partition coefficient (Wildman–Crippen LogP) is 1.44. The molecule has 1 saturated heterocycles. The zero-order chi connectivity index (χ0) is 14.1. The second-order valence-corrected chi connectivity index (χ2v) is 4.68. The number of nitrogens with one attached hydrogen (secondary N) is 2. The van der Waals surface area contributed by atoms with Crippen molar-refractivity contribution in [1.29, 1.82) is 0 Å². The Labute approximate surface area is 114 Å². The van der Waals surface area contributed by atoms with E-state index < -0.39 is 4.92 Å². The molecule has 7 heteroatoms. The number of nitrogens with zero attached hydrogens (tertiary/aromatic N) is 2. The molecule has 1 fully saturated rings. The van der Waals surface area contributed by atoms with Crippen LogP contribution >= 0.6 is 0 Å².